The molecule has 0 fully saturated rings. The zero-order valence-corrected chi connectivity index (χ0v) is 10.5. The van der Waals surface area contributed by atoms with Gasteiger partial charge in [0.25, 0.3) is 0 Å². The normalized spacial score (nSPS) is 10.1. The van der Waals surface area contributed by atoms with Crippen LogP contribution in [0.5, 0.6) is 5.75 Å². The van der Waals surface area contributed by atoms with E-state index in [-0.39, 0.29) is 5.75 Å². The number of anilines is 2. The summed E-state index contributed by atoms with van der Waals surface area (Å²) in [6.45, 7) is 3.63. The first kappa shape index (κ1) is 12.3. The first-order chi connectivity index (χ1) is 8.75. The quantitative estimate of drug-likeness (QED) is 0.557. The highest BCUT2D eigenvalue weighted by Gasteiger charge is 1.97. The van der Waals surface area contributed by atoms with Crippen LogP contribution in [0.25, 0.3) is 0 Å². The highest BCUT2D eigenvalue weighted by atomic mass is 16.3. The topological polar surface area (TPSA) is 44.3 Å². The minimum atomic E-state index is 0.285. The number of para-hydroxylation sites is 2. The van der Waals surface area contributed by atoms with E-state index >= 15 is 0 Å². The molecule has 0 aromatic heterocycles. The van der Waals surface area contributed by atoms with Crippen molar-refractivity contribution in [3.63, 3.8) is 0 Å². The lowest BCUT2D eigenvalue weighted by molar-refractivity contribution is 0.477. The zero-order valence-electron chi connectivity index (χ0n) is 10.5. The molecule has 0 unspecified atom stereocenters. The third-order valence-electron chi connectivity index (χ3n) is 2.73. The monoisotopic (exact) mass is 242 g/mol. The molecule has 18 heavy (non-hydrogen) atoms. The molecule has 2 aromatic carbocycles. The van der Waals surface area contributed by atoms with Gasteiger partial charge in [-0.1, -0.05) is 29.8 Å². The molecule has 0 atom stereocenters. The van der Waals surface area contributed by atoms with E-state index in [1.807, 2.05) is 18.2 Å². The summed E-state index contributed by atoms with van der Waals surface area (Å²) in [6, 6.07) is 15.5. The average Bonchev–Trinajstić information content (AvgIpc) is 2.39. The summed E-state index contributed by atoms with van der Waals surface area (Å²) in [7, 11) is 0. The fraction of sp³-hybridized carbons (Fsp3) is 0.200. The first-order valence-corrected chi connectivity index (χ1v) is 6.08. The van der Waals surface area contributed by atoms with Crippen LogP contribution in [0.1, 0.15) is 5.56 Å². The number of benzene rings is 2. The van der Waals surface area contributed by atoms with Gasteiger partial charge in [0.15, 0.2) is 0 Å². The van der Waals surface area contributed by atoms with Crippen LogP contribution in [0.4, 0.5) is 11.4 Å². The molecule has 0 aliphatic heterocycles. The van der Waals surface area contributed by atoms with Crippen molar-refractivity contribution in [3.05, 3.63) is 54.1 Å². The lowest BCUT2D eigenvalue weighted by Crippen LogP contribution is -2.13. The molecule has 0 aliphatic carbocycles. The minimum Gasteiger partial charge on any atom is -0.506 e. The van der Waals surface area contributed by atoms with E-state index in [1.54, 1.807) is 6.07 Å². The van der Waals surface area contributed by atoms with E-state index in [0.717, 1.165) is 24.5 Å². The van der Waals surface area contributed by atoms with E-state index in [0.29, 0.717) is 0 Å². The second-order valence-corrected chi connectivity index (χ2v) is 4.24. The Morgan fingerprint density at radius 3 is 2.28 bits per heavy atom. The van der Waals surface area contributed by atoms with Crippen LogP contribution in [-0.2, 0) is 0 Å². The average molecular weight is 242 g/mol. The number of hydrogen-bond acceptors (Lipinski definition) is 3. The Kier molecular flexibility index (Phi) is 4.07. The zero-order chi connectivity index (χ0) is 12.8. The van der Waals surface area contributed by atoms with Crippen molar-refractivity contribution in [2.24, 2.45) is 0 Å². The van der Waals surface area contributed by atoms with Crippen molar-refractivity contribution >= 4 is 11.4 Å². The van der Waals surface area contributed by atoms with Gasteiger partial charge in [-0.25, -0.2) is 0 Å². The van der Waals surface area contributed by atoms with Gasteiger partial charge in [0.1, 0.15) is 5.75 Å². The standard InChI is InChI=1S/C15H18N2O/c1-12-6-8-13(9-7-12)16-10-11-17-14-4-2-3-5-15(14)18/h2-9,16-18H,10-11H2,1H3. The maximum Gasteiger partial charge on any atom is 0.138 e. The smallest absolute Gasteiger partial charge is 0.138 e. The molecular formula is C15H18N2O. The van der Waals surface area contributed by atoms with E-state index in [1.165, 1.54) is 5.56 Å². The van der Waals surface area contributed by atoms with E-state index in [9.17, 15) is 5.11 Å². The Morgan fingerprint density at radius 1 is 0.889 bits per heavy atom. The highest BCUT2D eigenvalue weighted by Crippen LogP contribution is 2.20. The molecule has 3 N–H and O–H groups in total. The molecule has 2 aromatic rings. The largest absolute Gasteiger partial charge is 0.506 e. The molecule has 0 saturated heterocycles. The van der Waals surface area contributed by atoms with Gasteiger partial charge >= 0.3 is 0 Å². The minimum absolute atomic E-state index is 0.285. The lowest BCUT2D eigenvalue weighted by atomic mass is 10.2. The van der Waals surface area contributed by atoms with Crippen molar-refractivity contribution in [3.8, 4) is 5.75 Å². The van der Waals surface area contributed by atoms with Crippen molar-refractivity contribution in [1.29, 1.82) is 0 Å². The van der Waals surface area contributed by atoms with Crippen molar-refractivity contribution in [1.82, 2.24) is 0 Å². The fourth-order valence-corrected chi connectivity index (χ4v) is 1.70. The molecule has 0 heterocycles. The second-order valence-electron chi connectivity index (χ2n) is 4.24. The molecule has 3 heteroatoms. The van der Waals surface area contributed by atoms with Crippen LogP contribution in [-0.4, -0.2) is 18.2 Å². The van der Waals surface area contributed by atoms with E-state index < -0.39 is 0 Å². The van der Waals surface area contributed by atoms with Crippen LogP contribution in [0.2, 0.25) is 0 Å². The van der Waals surface area contributed by atoms with Crippen molar-refractivity contribution in [2.45, 2.75) is 6.92 Å². The second kappa shape index (κ2) is 5.96. The summed E-state index contributed by atoms with van der Waals surface area (Å²) in [5.41, 5.74) is 3.13. The van der Waals surface area contributed by atoms with Crippen molar-refractivity contribution in [2.75, 3.05) is 23.7 Å². The van der Waals surface area contributed by atoms with Gasteiger partial charge in [-0.15, -0.1) is 0 Å². The molecule has 0 bridgehead atoms. The number of phenols is 1. The number of aryl methyl sites for hydroxylation is 1. The van der Waals surface area contributed by atoms with Gasteiger partial charge in [-0.05, 0) is 31.2 Å². The van der Waals surface area contributed by atoms with Crippen LogP contribution in [0.15, 0.2) is 48.5 Å². The molecule has 0 amide bonds. The Balaban J connectivity index is 1.76. The Morgan fingerprint density at radius 2 is 1.56 bits per heavy atom. The summed E-state index contributed by atoms with van der Waals surface area (Å²) in [5, 5.41) is 16.1. The number of hydrogen-bond donors (Lipinski definition) is 3. The predicted octanol–water partition coefficient (Wildman–Crippen LogP) is 3.22. The molecule has 0 saturated carbocycles. The number of nitrogens with one attached hydrogen (secondary N) is 2. The van der Waals surface area contributed by atoms with Crippen LogP contribution < -0.4 is 10.6 Å². The maximum atomic E-state index is 9.57. The van der Waals surface area contributed by atoms with Gasteiger partial charge in [0, 0.05) is 18.8 Å². The van der Waals surface area contributed by atoms with Gasteiger partial charge in [0.2, 0.25) is 0 Å². The van der Waals surface area contributed by atoms with Crippen LogP contribution in [0.3, 0.4) is 0 Å². The summed E-state index contributed by atoms with van der Waals surface area (Å²) < 4.78 is 0. The van der Waals surface area contributed by atoms with Crippen LogP contribution in [0, 0.1) is 6.92 Å². The third kappa shape index (κ3) is 3.42. The van der Waals surface area contributed by atoms with E-state index in [4.69, 9.17) is 0 Å². The molecule has 0 aliphatic rings. The summed E-state index contributed by atoms with van der Waals surface area (Å²) in [5.74, 6) is 0.285. The van der Waals surface area contributed by atoms with Gasteiger partial charge < -0.3 is 15.7 Å². The third-order valence-corrected chi connectivity index (χ3v) is 2.73. The molecule has 2 rings (SSSR count). The SMILES string of the molecule is Cc1ccc(NCCNc2ccccc2O)cc1. The fourth-order valence-electron chi connectivity index (χ4n) is 1.70. The summed E-state index contributed by atoms with van der Waals surface area (Å²) in [6.07, 6.45) is 0. The van der Waals surface area contributed by atoms with Crippen molar-refractivity contribution < 1.29 is 5.11 Å². The predicted molar refractivity (Wildman–Crippen MR) is 76.3 cm³/mol. The summed E-state index contributed by atoms with van der Waals surface area (Å²) >= 11 is 0. The van der Waals surface area contributed by atoms with E-state index in [2.05, 4.69) is 41.8 Å². The highest BCUT2D eigenvalue weighted by molar-refractivity contribution is 5.55. The number of phenolic OH excluding ortho intramolecular Hbond substituents is 1. The molecular weight excluding hydrogens is 224 g/mol. The first-order valence-electron chi connectivity index (χ1n) is 6.08. The summed E-state index contributed by atoms with van der Waals surface area (Å²) in [4.78, 5) is 0. The molecule has 0 radical (unpaired) electrons. The number of aromatic hydroxyl groups is 1. The Labute approximate surface area is 107 Å². The molecule has 94 valence electrons. The van der Waals surface area contributed by atoms with Gasteiger partial charge in [-0.3, -0.25) is 0 Å². The number of rotatable bonds is 5. The lowest BCUT2D eigenvalue weighted by Gasteiger charge is -2.10. The molecule has 3 nitrogen and oxygen atoms in total. The van der Waals surface area contributed by atoms with Gasteiger partial charge in [0.05, 0.1) is 5.69 Å². The van der Waals surface area contributed by atoms with Gasteiger partial charge in [-0.2, -0.15) is 0 Å². The van der Waals surface area contributed by atoms with Crippen LogP contribution >= 0.6 is 0 Å². The maximum absolute atomic E-state index is 9.57. The Bertz CT molecular complexity index is 494. The Hall–Kier alpha value is -2.16. The molecule has 0 spiro atoms.